The number of anilines is 6. The third-order valence-electron chi connectivity index (χ3n) is 20.4. The van der Waals surface area contributed by atoms with Gasteiger partial charge in [-0.3, -0.25) is 0 Å². The maximum absolute atomic E-state index is 15.7. The number of furan rings is 2. The van der Waals surface area contributed by atoms with Crippen LogP contribution >= 0.6 is 0 Å². The van der Waals surface area contributed by atoms with Gasteiger partial charge >= 0.3 is 0 Å². The molecule has 16 aromatic carbocycles. The molecule has 0 radical (unpaired) electrons. The Morgan fingerprint density at radius 3 is 0.846 bits per heavy atom. The lowest BCUT2D eigenvalue weighted by atomic mass is 10.0. The molecule has 0 fully saturated rings. The van der Waals surface area contributed by atoms with Gasteiger partial charge in [-0.15, -0.1) is 0 Å². The second kappa shape index (κ2) is 25.8. The molecule has 20 rings (SSSR count). The molecule has 4 aromatic heterocycles. The molecule has 0 N–H and O–H groups in total. The van der Waals surface area contributed by atoms with Gasteiger partial charge in [-0.25, -0.2) is 4.39 Å². The van der Waals surface area contributed by atoms with Crippen molar-refractivity contribution in [2.75, 3.05) is 9.80 Å². The first-order valence-electron chi connectivity index (χ1n) is 35.2. The van der Waals surface area contributed by atoms with Crippen molar-refractivity contribution in [1.82, 2.24) is 9.13 Å². The number of rotatable bonds is 12. The summed E-state index contributed by atoms with van der Waals surface area (Å²) < 4.78 is 33.6. The molecule has 0 atom stereocenters. The zero-order valence-corrected chi connectivity index (χ0v) is 56.8. The van der Waals surface area contributed by atoms with Crippen LogP contribution in [0.3, 0.4) is 0 Å². The molecule has 20 aromatic rings. The first kappa shape index (κ1) is 61.3. The van der Waals surface area contributed by atoms with E-state index in [1.165, 1.54) is 50.1 Å². The predicted octanol–water partition coefficient (Wildman–Crippen LogP) is 27.4. The Labute approximate surface area is 600 Å². The summed E-state index contributed by atoms with van der Waals surface area (Å²) in [5, 5.41) is 8.61. The van der Waals surface area contributed by atoms with Crippen LogP contribution in [0.5, 0.6) is 0 Å². The first-order valence-corrected chi connectivity index (χ1v) is 35.2. The number of fused-ring (bicyclic) bond motifs is 12. The van der Waals surface area contributed by atoms with E-state index in [2.05, 4.69) is 360 Å². The van der Waals surface area contributed by atoms with Gasteiger partial charge in [-0.05, 0) is 172 Å². The third-order valence-corrected chi connectivity index (χ3v) is 20.4. The monoisotopic (exact) mass is 1340 g/mol. The number of halogens is 1. The molecule has 0 amide bonds. The van der Waals surface area contributed by atoms with Gasteiger partial charge in [-0.2, -0.15) is 0 Å². The number of aromatic nitrogens is 2. The Morgan fingerprint density at radius 2 is 0.510 bits per heavy atom. The summed E-state index contributed by atoms with van der Waals surface area (Å²) in [4.78, 5) is 4.54. The van der Waals surface area contributed by atoms with Crippen LogP contribution in [0.2, 0.25) is 0 Å². The Morgan fingerprint density at radius 1 is 0.240 bits per heavy atom. The van der Waals surface area contributed by atoms with Gasteiger partial charge in [0.15, 0.2) is 11.4 Å². The lowest BCUT2D eigenvalue weighted by molar-refractivity contribution is 0.584. The summed E-state index contributed by atoms with van der Waals surface area (Å²) in [7, 11) is 0. The van der Waals surface area contributed by atoms with Crippen molar-refractivity contribution in [2.45, 2.75) is 6.92 Å². The van der Waals surface area contributed by atoms with Gasteiger partial charge in [0.1, 0.15) is 16.7 Å². The molecule has 4 heterocycles. The molecule has 492 valence electrons. The molecule has 6 nitrogen and oxygen atoms in total. The van der Waals surface area contributed by atoms with Crippen molar-refractivity contribution >= 4 is 122 Å². The minimum Gasteiger partial charge on any atom is -0.456 e. The smallest absolute Gasteiger partial charge is 0.173 e. The number of para-hydroxylation sites is 4. The van der Waals surface area contributed by atoms with Crippen LogP contribution in [0.25, 0.3) is 143 Å². The molecule has 0 aliphatic carbocycles. The predicted molar refractivity (Wildman–Crippen MR) is 432 cm³/mol. The van der Waals surface area contributed by atoms with Crippen molar-refractivity contribution in [3.8, 4) is 55.9 Å². The first-order chi connectivity index (χ1) is 51.4. The molecule has 0 saturated carbocycles. The van der Waals surface area contributed by atoms with E-state index in [-0.39, 0.29) is 11.4 Å². The van der Waals surface area contributed by atoms with Crippen LogP contribution in [0.1, 0.15) is 5.56 Å². The maximum Gasteiger partial charge on any atom is 0.173 e. The minimum atomic E-state index is -0.387. The van der Waals surface area contributed by atoms with E-state index in [0.29, 0.717) is 5.58 Å². The molecular weight excluding hydrogens is 1270 g/mol. The van der Waals surface area contributed by atoms with E-state index in [1.807, 2.05) is 36.4 Å². The highest BCUT2D eigenvalue weighted by Crippen LogP contribution is 2.47. The number of hydrogen-bond donors (Lipinski definition) is 0. The van der Waals surface area contributed by atoms with Crippen molar-refractivity contribution in [2.24, 2.45) is 0 Å². The summed E-state index contributed by atoms with van der Waals surface area (Å²) in [6, 6.07) is 131. The molecule has 0 unspecified atom stereocenters. The fraction of sp³-hybridized carbons (Fsp3) is 0.0103. The highest BCUT2D eigenvalue weighted by Gasteiger charge is 2.25. The summed E-state index contributed by atoms with van der Waals surface area (Å²) >= 11 is 0. The normalized spacial score (nSPS) is 11.6. The van der Waals surface area contributed by atoms with Crippen LogP contribution in [-0.2, 0) is 0 Å². The summed E-state index contributed by atoms with van der Waals surface area (Å²) in [5.41, 5.74) is 25.7. The Hall–Kier alpha value is -13.8. The molecule has 7 heteroatoms. The van der Waals surface area contributed by atoms with Crippen molar-refractivity contribution in [3.63, 3.8) is 0 Å². The number of hydrogen-bond acceptors (Lipinski definition) is 4. The Kier molecular flexibility index (Phi) is 15.2. The second-order valence-corrected chi connectivity index (χ2v) is 26.5. The fourth-order valence-electron chi connectivity index (χ4n) is 15.4. The highest BCUT2D eigenvalue weighted by molar-refractivity contribution is 6.17. The second-order valence-electron chi connectivity index (χ2n) is 26.5. The fourth-order valence-corrected chi connectivity index (χ4v) is 15.4. The molecule has 0 bridgehead atoms. The molecule has 0 aliphatic rings. The zero-order chi connectivity index (χ0) is 69.2. The minimum absolute atomic E-state index is 0.248. The van der Waals surface area contributed by atoms with Crippen LogP contribution in [0, 0.1) is 12.7 Å². The molecular formula is C97H65FN4O2. The quantitative estimate of drug-likeness (QED) is 0.122. The lowest BCUT2D eigenvalue weighted by Crippen LogP contribution is -2.09. The van der Waals surface area contributed by atoms with E-state index < -0.39 is 0 Å². The zero-order valence-electron chi connectivity index (χ0n) is 56.8. The van der Waals surface area contributed by atoms with Crippen molar-refractivity contribution in [1.29, 1.82) is 0 Å². The van der Waals surface area contributed by atoms with E-state index in [9.17, 15) is 0 Å². The van der Waals surface area contributed by atoms with Crippen molar-refractivity contribution in [3.05, 3.63) is 387 Å². The van der Waals surface area contributed by atoms with E-state index in [0.717, 1.165) is 128 Å². The number of benzene rings is 16. The number of aryl methyl sites for hydroxylation is 1. The van der Waals surface area contributed by atoms with Crippen LogP contribution in [0.4, 0.5) is 38.5 Å². The van der Waals surface area contributed by atoms with Gasteiger partial charge in [0, 0.05) is 78.6 Å². The van der Waals surface area contributed by atoms with Gasteiger partial charge in [-0.1, -0.05) is 249 Å². The van der Waals surface area contributed by atoms with Gasteiger partial charge < -0.3 is 27.8 Å². The number of nitrogens with zero attached hydrogens (tertiary/aromatic N) is 4. The van der Waals surface area contributed by atoms with E-state index in [1.54, 1.807) is 0 Å². The van der Waals surface area contributed by atoms with Crippen LogP contribution in [-0.4, -0.2) is 9.13 Å². The van der Waals surface area contributed by atoms with E-state index >= 15 is 4.39 Å². The average Bonchev–Trinajstić information content (AvgIpc) is 1.57. The highest BCUT2D eigenvalue weighted by atomic mass is 19.1. The summed E-state index contributed by atoms with van der Waals surface area (Å²) in [6.45, 7) is 2.14. The molecule has 0 saturated heterocycles. The largest absolute Gasteiger partial charge is 0.456 e. The molecule has 0 spiro atoms. The van der Waals surface area contributed by atoms with Gasteiger partial charge in [0.25, 0.3) is 0 Å². The Bertz CT molecular complexity index is 5910. The van der Waals surface area contributed by atoms with Gasteiger partial charge in [0.2, 0.25) is 0 Å². The summed E-state index contributed by atoms with van der Waals surface area (Å²) in [6.07, 6.45) is 0. The third kappa shape index (κ3) is 10.7. The van der Waals surface area contributed by atoms with Crippen molar-refractivity contribution < 1.29 is 13.2 Å². The van der Waals surface area contributed by atoms with Crippen LogP contribution < -0.4 is 9.80 Å². The van der Waals surface area contributed by atoms with Gasteiger partial charge in [0.05, 0.1) is 44.2 Å². The standard InChI is InChI=1S/C49H34N2O.C48H31FN2O/c1-33-20-31-46(51-44-18-10-8-16-41(44)42-17-9-11-19-45(42)51)48-43-30-29-40(32-47(43)52-49(33)48)50(38-25-21-36(22-26-38)34-12-4-2-5-13-34)39-27-23-37(24-28-39)35-14-6-3-7-15-35;49-42-29-30-45(51-43-17-9-7-15-39(43)40-16-8-10-18-44(40)51)47-41-28-27-38(31-46(41)52-48(42)47)50(36-23-19-34(20-24-36)32-11-3-1-4-12-32)37-25-21-35(22-26-37)33-13-5-2-6-14-33/h2-32H,1H3;1-31H. The maximum atomic E-state index is 15.7. The van der Waals surface area contributed by atoms with E-state index in [4.69, 9.17) is 8.83 Å². The molecule has 0 aliphatic heterocycles. The lowest BCUT2D eigenvalue weighted by Gasteiger charge is -2.26. The van der Waals surface area contributed by atoms with Crippen LogP contribution in [0.15, 0.2) is 385 Å². The Balaban J connectivity index is 0.000000143. The molecule has 104 heavy (non-hydrogen) atoms. The topological polar surface area (TPSA) is 42.6 Å². The SMILES string of the molecule is Cc1ccc(-n2c3ccccc3c3ccccc32)c2c1oc1cc(N(c3ccc(-c4ccccc4)cc3)c3ccc(-c4ccccc4)cc3)ccc12.Fc1ccc(-n2c3ccccc3c3ccccc32)c2c1oc1cc(N(c3ccc(-c4ccccc4)cc3)c3ccc(-c4ccccc4)cc3)ccc12. The summed E-state index contributed by atoms with van der Waals surface area (Å²) in [5.74, 6) is -0.387. The average molecular weight is 1340 g/mol.